The Balaban J connectivity index is 3.30. The van der Waals surface area contributed by atoms with Crippen molar-refractivity contribution in [1.82, 2.24) is 4.98 Å². The second-order valence-electron chi connectivity index (χ2n) is 6.29. The molecule has 0 aliphatic heterocycles. The first-order valence-electron chi connectivity index (χ1n) is 7.21. The molecule has 5 nitrogen and oxygen atoms in total. The fraction of sp³-hybridized carbons (Fsp3) is 0.533. The van der Waals surface area contributed by atoms with Crippen molar-refractivity contribution in [1.29, 1.82) is 0 Å². The number of nitrogens with zero attached hydrogens (tertiary/aromatic N) is 2. The molecule has 140 valence electrons. The summed E-state index contributed by atoms with van der Waals surface area (Å²) in [6.45, 7) is 4.91. The van der Waals surface area contributed by atoms with Crippen molar-refractivity contribution in [3.8, 4) is 0 Å². The first-order chi connectivity index (χ1) is 11.3. The molecule has 0 aliphatic carbocycles. The molecular formula is C15H18BrF3N2O3S. The quantitative estimate of drug-likeness (QED) is 0.407. The van der Waals surface area contributed by atoms with E-state index in [2.05, 4.69) is 25.3 Å². The molecule has 0 unspecified atom stereocenters. The summed E-state index contributed by atoms with van der Waals surface area (Å²) in [6, 6.07) is 4.58. The molecule has 10 heteroatoms. The van der Waals surface area contributed by atoms with Crippen LogP contribution in [0.15, 0.2) is 27.2 Å². The molecule has 0 amide bonds. The van der Waals surface area contributed by atoms with E-state index in [1.807, 2.05) is 0 Å². The predicted octanol–water partition coefficient (Wildman–Crippen LogP) is 4.14. The van der Waals surface area contributed by atoms with Gasteiger partial charge in [-0.05, 0) is 48.8 Å². The van der Waals surface area contributed by atoms with Gasteiger partial charge in [-0.2, -0.15) is 13.2 Å². The molecule has 2 atom stereocenters. The van der Waals surface area contributed by atoms with Crippen molar-refractivity contribution >= 4 is 39.0 Å². The van der Waals surface area contributed by atoms with E-state index in [9.17, 15) is 22.5 Å². The van der Waals surface area contributed by atoms with Gasteiger partial charge in [-0.15, -0.1) is 0 Å². The highest BCUT2D eigenvalue weighted by Gasteiger charge is 2.42. The summed E-state index contributed by atoms with van der Waals surface area (Å²) in [4.78, 5) is 14.8. The zero-order chi connectivity index (χ0) is 19.4. The maximum atomic E-state index is 13.2. The Labute approximate surface area is 155 Å². The maximum Gasteiger partial charge on any atom is 0.392 e. The second kappa shape index (κ2) is 8.50. The highest BCUT2D eigenvalue weighted by Crippen LogP contribution is 2.33. The van der Waals surface area contributed by atoms with Gasteiger partial charge in [0.2, 0.25) is 0 Å². The number of aromatic nitrogens is 1. The molecule has 0 fully saturated rings. The molecule has 1 N–H and O–H groups in total. The standard InChI is InChI=1S/C15H18BrF3N2O3S/c1-14(2,3)25(24)21-11(10-5-4-6-12(16)20-10)7-9(8-13(22)23)15(17,18)19/h4-6,9H,7-8H2,1-3H3,(H,22,23)/t9-,25-/m1/s1. The summed E-state index contributed by atoms with van der Waals surface area (Å²) in [5.74, 6) is -3.72. The minimum atomic E-state index is -4.73. The van der Waals surface area contributed by atoms with E-state index in [4.69, 9.17) is 5.11 Å². The topological polar surface area (TPSA) is 85.6 Å². The van der Waals surface area contributed by atoms with E-state index in [0.29, 0.717) is 4.60 Å². The minimum Gasteiger partial charge on any atom is -0.591 e. The van der Waals surface area contributed by atoms with Crippen molar-refractivity contribution in [2.45, 2.75) is 44.5 Å². The lowest BCUT2D eigenvalue weighted by molar-refractivity contribution is -0.181. The number of aliphatic carboxylic acids is 1. The average Bonchev–Trinajstić information content (AvgIpc) is 2.43. The smallest absolute Gasteiger partial charge is 0.392 e. The summed E-state index contributed by atoms with van der Waals surface area (Å²) in [5.41, 5.74) is -0.0234. The fourth-order valence-corrected chi connectivity index (χ4v) is 2.73. The van der Waals surface area contributed by atoms with Crippen LogP contribution in [0.4, 0.5) is 13.2 Å². The molecule has 0 spiro atoms. The third kappa shape index (κ3) is 7.33. The van der Waals surface area contributed by atoms with Crippen LogP contribution in [0.5, 0.6) is 0 Å². The maximum absolute atomic E-state index is 13.2. The number of hydrogen-bond acceptors (Lipinski definition) is 4. The Kier molecular flexibility index (Phi) is 7.45. The number of halogens is 4. The van der Waals surface area contributed by atoms with Gasteiger partial charge in [0.15, 0.2) is 0 Å². The van der Waals surface area contributed by atoms with Crippen LogP contribution in [0.2, 0.25) is 0 Å². The summed E-state index contributed by atoms with van der Waals surface area (Å²) >= 11 is 1.31. The minimum absolute atomic E-state index is 0.117. The first-order valence-corrected chi connectivity index (χ1v) is 9.11. The van der Waals surface area contributed by atoms with Gasteiger partial charge in [0, 0.05) is 6.42 Å². The van der Waals surface area contributed by atoms with Crippen molar-refractivity contribution < 1.29 is 27.6 Å². The van der Waals surface area contributed by atoms with Gasteiger partial charge in [0.1, 0.15) is 26.4 Å². The summed E-state index contributed by atoms with van der Waals surface area (Å²) in [6.07, 6.45) is -6.55. The lowest BCUT2D eigenvalue weighted by atomic mass is 9.96. The number of rotatable bonds is 6. The molecular weight excluding hydrogens is 425 g/mol. The lowest BCUT2D eigenvalue weighted by Crippen LogP contribution is -2.31. The number of hydrogen-bond donors (Lipinski definition) is 1. The number of carboxylic acids is 1. The normalized spacial score (nSPS) is 15.8. The molecule has 0 saturated heterocycles. The van der Waals surface area contributed by atoms with Crippen LogP contribution < -0.4 is 0 Å². The second-order valence-corrected chi connectivity index (χ2v) is 9.00. The SMILES string of the molecule is CC(C)(C)[S@@+]([O-])N=C(C[C@H](CC(=O)O)C(F)(F)F)c1cccc(Br)n1. The van der Waals surface area contributed by atoms with Crippen molar-refractivity contribution in [3.05, 3.63) is 28.5 Å². The van der Waals surface area contributed by atoms with Crippen molar-refractivity contribution in [2.75, 3.05) is 0 Å². The van der Waals surface area contributed by atoms with Gasteiger partial charge >= 0.3 is 12.1 Å². The van der Waals surface area contributed by atoms with Crippen LogP contribution in [-0.4, -0.2) is 37.2 Å². The molecule has 1 aromatic heterocycles. The summed E-state index contributed by atoms with van der Waals surface area (Å²) in [5, 5.41) is 8.76. The van der Waals surface area contributed by atoms with E-state index < -0.39 is 47.0 Å². The van der Waals surface area contributed by atoms with Crippen molar-refractivity contribution in [2.24, 2.45) is 10.3 Å². The highest BCUT2D eigenvalue weighted by atomic mass is 79.9. The summed E-state index contributed by atoms with van der Waals surface area (Å²) < 4.78 is 55.4. The third-order valence-electron chi connectivity index (χ3n) is 3.05. The average molecular weight is 443 g/mol. The Hall–Kier alpha value is -1.13. The molecule has 0 saturated carbocycles. The Bertz CT molecular complexity index is 648. The van der Waals surface area contributed by atoms with Crippen LogP contribution >= 0.6 is 15.9 Å². The number of carboxylic acid groups (broad SMARTS) is 1. The van der Waals surface area contributed by atoms with Gasteiger partial charge < -0.3 is 9.66 Å². The van der Waals surface area contributed by atoms with Gasteiger partial charge in [-0.25, -0.2) is 4.98 Å². The Morgan fingerprint density at radius 2 is 1.96 bits per heavy atom. The molecule has 0 bridgehead atoms. The number of carbonyl (C=O) groups is 1. The van der Waals surface area contributed by atoms with Crippen LogP contribution in [0.1, 0.15) is 39.3 Å². The predicted molar refractivity (Wildman–Crippen MR) is 92.8 cm³/mol. The van der Waals surface area contributed by atoms with E-state index in [1.165, 1.54) is 6.07 Å². The summed E-state index contributed by atoms with van der Waals surface area (Å²) in [7, 11) is 0. The lowest BCUT2D eigenvalue weighted by Gasteiger charge is -2.22. The van der Waals surface area contributed by atoms with E-state index in [0.717, 1.165) is 0 Å². The monoisotopic (exact) mass is 442 g/mol. The van der Waals surface area contributed by atoms with Crippen LogP contribution in [0, 0.1) is 5.92 Å². The molecule has 0 radical (unpaired) electrons. The highest BCUT2D eigenvalue weighted by molar-refractivity contribution is 9.10. The van der Waals surface area contributed by atoms with E-state index in [-0.39, 0.29) is 11.4 Å². The van der Waals surface area contributed by atoms with E-state index in [1.54, 1.807) is 32.9 Å². The molecule has 1 heterocycles. The van der Waals surface area contributed by atoms with Gasteiger partial charge in [-0.3, -0.25) is 4.79 Å². The Morgan fingerprint density at radius 3 is 2.40 bits per heavy atom. The molecule has 1 rings (SSSR count). The van der Waals surface area contributed by atoms with Crippen LogP contribution in [0.25, 0.3) is 0 Å². The molecule has 0 aliphatic rings. The largest absolute Gasteiger partial charge is 0.591 e. The zero-order valence-corrected chi connectivity index (χ0v) is 16.2. The van der Waals surface area contributed by atoms with E-state index >= 15 is 0 Å². The Morgan fingerprint density at radius 1 is 1.36 bits per heavy atom. The van der Waals surface area contributed by atoms with Crippen LogP contribution in [-0.2, 0) is 16.2 Å². The molecule has 25 heavy (non-hydrogen) atoms. The van der Waals surface area contributed by atoms with Crippen LogP contribution in [0.3, 0.4) is 0 Å². The van der Waals surface area contributed by atoms with Gasteiger partial charge in [-0.1, -0.05) is 10.5 Å². The third-order valence-corrected chi connectivity index (χ3v) is 4.93. The number of pyridine rings is 1. The number of alkyl halides is 3. The first kappa shape index (κ1) is 21.9. The van der Waals surface area contributed by atoms with Gasteiger partial charge in [0.25, 0.3) is 0 Å². The fourth-order valence-electron chi connectivity index (χ4n) is 1.74. The molecule has 0 aromatic carbocycles. The van der Waals surface area contributed by atoms with Gasteiger partial charge in [0.05, 0.1) is 18.0 Å². The van der Waals surface area contributed by atoms with Crippen molar-refractivity contribution in [3.63, 3.8) is 0 Å². The zero-order valence-electron chi connectivity index (χ0n) is 13.8. The molecule has 1 aromatic rings.